The van der Waals surface area contributed by atoms with Crippen molar-refractivity contribution in [3.05, 3.63) is 34.9 Å². The molecular formula is C19H28ClN3O3. The monoisotopic (exact) mass is 381 g/mol. The topological polar surface area (TPSA) is 61.9 Å². The van der Waals surface area contributed by atoms with Crippen molar-refractivity contribution in [1.82, 2.24) is 15.1 Å². The maximum atomic E-state index is 12.2. The number of hydrogen-bond acceptors (Lipinski definition) is 4. The van der Waals surface area contributed by atoms with Crippen LogP contribution in [0.4, 0.5) is 4.79 Å². The van der Waals surface area contributed by atoms with Crippen molar-refractivity contribution in [2.24, 2.45) is 5.92 Å². The van der Waals surface area contributed by atoms with Crippen LogP contribution in [-0.4, -0.2) is 61.1 Å². The van der Waals surface area contributed by atoms with Gasteiger partial charge in [-0.05, 0) is 30.0 Å². The van der Waals surface area contributed by atoms with Crippen LogP contribution in [0, 0.1) is 5.92 Å². The van der Waals surface area contributed by atoms with Gasteiger partial charge in [-0.1, -0.05) is 37.6 Å². The standard InChI is InChI=1S/C19H28ClN3O3/c1-15(2)14-26-19(25)23-9-3-8-22(10-11-23)13-18(24)21-12-16-4-6-17(20)7-5-16/h4-7,15H,3,8-14H2,1-2H3,(H,21,24). The fourth-order valence-electron chi connectivity index (χ4n) is 2.70. The Hall–Kier alpha value is -1.79. The predicted molar refractivity (Wildman–Crippen MR) is 102 cm³/mol. The molecule has 0 saturated carbocycles. The Morgan fingerprint density at radius 2 is 1.88 bits per heavy atom. The van der Waals surface area contributed by atoms with Gasteiger partial charge in [0, 0.05) is 37.7 Å². The van der Waals surface area contributed by atoms with Crippen molar-refractivity contribution in [2.45, 2.75) is 26.8 Å². The van der Waals surface area contributed by atoms with Crippen molar-refractivity contribution in [3.8, 4) is 0 Å². The van der Waals surface area contributed by atoms with Gasteiger partial charge in [0.2, 0.25) is 5.91 Å². The molecule has 1 aromatic carbocycles. The lowest BCUT2D eigenvalue weighted by molar-refractivity contribution is -0.122. The highest BCUT2D eigenvalue weighted by atomic mass is 35.5. The average molecular weight is 382 g/mol. The molecule has 144 valence electrons. The molecule has 0 aromatic heterocycles. The van der Waals surface area contributed by atoms with Crippen LogP contribution >= 0.6 is 11.6 Å². The van der Waals surface area contributed by atoms with E-state index in [4.69, 9.17) is 16.3 Å². The third kappa shape index (κ3) is 7.22. The summed E-state index contributed by atoms with van der Waals surface area (Å²) in [6.45, 7) is 8.00. The van der Waals surface area contributed by atoms with Gasteiger partial charge in [-0.3, -0.25) is 9.69 Å². The lowest BCUT2D eigenvalue weighted by Gasteiger charge is -2.21. The van der Waals surface area contributed by atoms with Crippen LogP contribution in [0.3, 0.4) is 0 Å². The van der Waals surface area contributed by atoms with Gasteiger partial charge in [0.05, 0.1) is 13.2 Å². The van der Waals surface area contributed by atoms with E-state index in [0.717, 1.165) is 18.5 Å². The fourth-order valence-corrected chi connectivity index (χ4v) is 2.83. The Bertz CT molecular complexity index is 592. The van der Waals surface area contributed by atoms with E-state index in [-0.39, 0.29) is 12.0 Å². The van der Waals surface area contributed by atoms with E-state index in [9.17, 15) is 9.59 Å². The Morgan fingerprint density at radius 3 is 2.58 bits per heavy atom. The summed E-state index contributed by atoms with van der Waals surface area (Å²) in [7, 11) is 0. The van der Waals surface area contributed by atoms with E-state index >= 15 is 0 Å². The summed E-state index contributed by atoms with van der Waals surface area (Å²) >= 11 is 5.86. The second kappa shape index (κ2) is 10.4. The van der Waals surface area contributed by atoms with Gasteiger partial charge in [-0.15, -0.1) is 0 Å². The molecule has 1 aliphatic heterocycles. The average Bonchev–Trinajstić information content (AvgIpc) is 2.85. The lowest BCUT2D eigenvalue weighted by Crippen LogP contribution is -2.40. The highest BCUT2D eigenvalue weighted by Gasteiger charge is 2.21. The molecule has 0 radical (unpaired) electrons. The summed E-state index contributed by atoms with van der Waals surface area (Å²) in [6, 6.07) is 7.42. The molecular weight excluding hydrogens is 354 g/mol. The molecule has 2 amide bonds. The number of nitrogens with zero attached hydrogens (tertiary/aromatic N) is 2. The summed E-state index contributed by atoms with van der Waals surface area (Å²) in [6.07, 6.45) is 0.578. The molecule has 1 aliphatic rings. The maximum absolute atomic E-state index is 12.2. The Kier molecular flexibility index (Phi) is 8.19. The zero-order chi connectivity index (χ0) is 18.9. The molecule has 0 aliphatic carbocycles. The van der Waals surface area contributed by atoms with Crippen molar-refractivity contribution < 1.29 is 14.3 Å². The minimum atomic E-state index is -0.257. The number of benzene rings is 1. The van der Waals surface area contributed by atoms with Gasteiger partial charge in [0.25, 0.3) is 0 Å². The normalized spacial score (nSPS) is 15.6. The molecule has 0 spiro atoms. The van der Waals surface area contributed by atoms with E-state index in [1.54, 1.807) is 4.90 Å². The van der Waals surface area contributed by atoms with E-state index in [1.807, 2.05) is 38.1 Å². The third-order valence-corrected chi connectivity index (χ3v) is 4.41. The highest BCUT2D eigenvalue weighted by molar-refractivity contribution is 6.30. The molecule has 0 unspecified atom stereocenters. The molecule has 7 heteroatoms. The molecule has 1 N–H and O–H groups in total. The first-order chi connectivity index (χ1) is 12.4. The predicted octanol–water partition coefficient (Wildman–Crippen LogP) is 2.76. The second-order valence-electron chi connectivity index (χ2n) is 6.99. The van der Waals surface area contributed by atoms with Gasteiger partial charge in [0.15, 0.2) is 0 Å². The number of rotatable bonds is 6. The Balaban J connectivity index is 1.72. The number of hydrogen-bond donors (Lipinski definition) is 1. The van der Waals surface area contributed by atoms with Gasteiger partial charge in [-0.2, -0.15) is 0 Å². The van der Waals surface area contributed by atoms with Crippen LogP contribution in [-0.2, 0) is 16.1 Å². The number of carbonyl (C=O) groups is 2. The van der Waals surface area contributed by atoms with Crippen LogP contribution in [0.2, 0.25) is 5.02 Å². The first-order valence-corrected chi connectivity index (χ1v) is 9.47. The summed E-state index contributed by atoms with van der Waals surface area (Å²) in [5.41, 5.74) is 1.01. The van der Waals surface area contributed by atoms with Gasteiger partial charge < -0.3 is 15.0 Å². The second-order valence-corrected chi connectivity index (χ2v) is 7.43. The number of amides is 2. The molecule has 1 heterocycles. The van der Waals surface area contributed by atoms with Gasteiger partial charge in [0.1, 0.15) is 0 Å². The van der Waals surface area contributed by atoms with Crippen molar-refractivity contribution in [2.75, 3.05) is 39.3 Å². The van der Waals surface area contributed by atoms with Crippen LogP contribution < -0.4 is 5.32 Å². The van der Waals surface area contributed by atoms with Crippen LogP contribution in [0.5, 0.6) is 0 Å². The molecule has 1 saturated heterocycles. The number of ether oxygens (including phenoxy) is 1. The summed E-state index contributed by atoms with van der Waals surface area (Å²) in [4.78, 5) is 28.0. The van der Waals surface area contributed by atoms with E-state index in [0.29, 0.717) is 50.3 Å². The Labute approximate surface area is 160 Å². The highest BCUT2D eigenvalue weighted by Crippen LogP contribution is 2.09. The van der Waals surface area contributed by atoms with E-state index < -0.39 is 0 Å². The zero-order valence-corrected chi connectivity index (χ0v) is 16.3. The molecule has 6 nitrogen and oxygen atoms in total. The summed E-state index contributed by atoms with van der Waals surface area (Å²) in [5.74, 6) is 0.308. The van der Waals surface area contributed by atoms with Crippen molar-refractivity contribution in [3.63, 3.8) is 0 Å². The molecule has 0 bridgehead atoms. The first kappa shape index (κ1) is 20.5. The molecule has 1 fully saturated rings. The third-order valence-electron chi connectivity index (χ3n) is 4.16. The van der Waals surface area contributed by atoms with Gasteiger partial charge in [-0.25, -0.2) is 4.79 Å². The van der Waals surface area contributed by atoms with Crippen LogP contribution in [0.25, 0.3) is 0 Å². The largest absolute Gasteiger partial charge is 0.449 e. The first-order valence-electron chi connectivity index (χ1n) is 9.09. The number of carbonyl (C=O) groups excluding carboxylic acids is 2. The minimum Gasteiger partial charge on any atom is -0.449 e. The van der Waals surface area contributed by atoms with Crippen LogP contribution in [0.15, 0.2) is 24.3 Å². The molecule has 26 heavy (non-hydrogen) atoms. The fraction of sp³-hybridized carbons (Fsp3) is 0.579. The quantitative estimate of drug-likeness (QED) is 0.823. The number of nitrogens with one attached hydrogen (secondary N) is 1. The summed E-state index contributed by atoms with van der Waals surface area (Å²) in [5, 5.41) is 3.61. The smallest absolute Gasteiger partial charge is 0.409 e. The molecule has 1 aromatic rings. The molecule has 2 rings (SSSR count). The van der Waals surface area contributed by atoms with E-state index in [1.165, 1.54) is 0 Å². The Morgan fingerprint density at radius 1 is 1.15 bits per heavy atom. The lowest BCUT2D eigenvalue weighted by atomic mass is 10.2. The summed E-state index contributed by atoms with van der Waals surface area (Å²) < 4.78 is 5.29. The minimum absolute atomic E-state index is 0.0178. The molecule has 0 atom stereocenters. The van der Waals surface area contributed by atoms with Crippen molar-refractivity contribution in [1.29, 1.82) is 0 Å². The van der Waals surface area contributed by atoms with Gasteiger partial charge >= 0.3 is 6.09 Å². The van der Waals surface area contributed by atoms with E-state index in [2.05, 4.69) is 10.2 Å². The zero-order valence-electron chi connectivity index (χ0n) is 15.5. The van der Waals surface area contributed by atoms with Crippen LogP contribution in [0.1, 0.15) is 25.8 Å². The van der Waals surface area contributed by atoms with Crippen molar-refractivity contribution >= 4 is 23.6 Å². The maximum Gasteiger partial charge on any atom is 0.409 e. The number of halogens is 1. The SMILES string of the molecule is CC(C)COC(=O)N1CCCN(CC(=O)NCc2ccc(Cl)cc2)CC1.